The highest BCUT2D eigenvalue weighted by Gasteiger charge is 2.21. The molecule has 1 N–H and O–H groups in total. The van der Waals surface area contributed by atoms with Crippen LogP contribution in [0, 0.1) is 10.1 Å². The Labute approximate surface area is 138 Å². The van der Waals surface area contributed by atoms with E-state index in [4.69, 9.17) is 9.84 Å². The molecule has 0 aliphatic carbocycles. The predicted octanol–water partition coefficient (Wildman–Crippen LogP) is 0.592. The predicted molar refractivity (Wildman–Crippen MR) is 83.9 cm³/mol. The second-order valence-corrected chi connectivity index (χ2v) is 5.41. The number of benzene rings is 1. The molecule has 1 fully saturated rings. The molecule has 1 aliphatic rings. The third-order valence-electron chi connectivity index (χ3n) is 3.78. The zero-order valence-corrected chi connectivity index (χ0v) is 13.1. The van der Waals surface area contributed by atoms with Crippen molar-refractivity contribution in [2.75, 3.05) is 39.3 Å². The Morgan fingerprint density at radius 3 is 2.33 bits per heavy atom. The van der Waals surface area contributed by atoms with Crippen molar-refractivity contribution in [2.24, 2.45) is 0 Å². The number of amides is 1. The Bertz CT molecular complexity index is 596. The summed E-state index contributed by atoms with van der Waals surface area (Å²) in [6.07, 6.45) is 0.0944. The summed E-state index contributed by atoms with van der Waals surface area (Å²) in [6, 6.07) is 5.55. The normalized spacial score (nSPS) is 15.1. The second-order valence-electron chi connectivity index (χ2n) is 5.41. The van der Waals surface area contributed by atoms with E-state index in [1.807, 2.05) is 4.90 Å². The number of aliphatic carboxylic acids is 1. The summed E-state index contributed by atoms with van der Waals surface area (Å²) < 4.78 is 5.36. The van der Waals surface area contributed by atoms with Crippen LogP contribution in [0.4, 0.5) is 5.69 Å². The topological polar surface area (TPSA) is 113 Å². The molecule has 130 valence electrons. The highest BCUT2D eigenvalue weighted by Crippen LogP contribution is 2.17. The molecule has 1 aliphatic heterocycles. The van der Waals surface area contributed by atoms with Gasteiger partial charge in [-0.05, 0) is 12.1 Å². The minimum Gasteiger partial charge on any atom is -0.484 e. The van der Waals surface area contributed by atoms with Crippen LogP contribution >= 0.6 is 0 Å². The van der Waals surface area contributed by atoms with E-state index >= 15 is 0 Å². The van der Waals surface area contributed by atoms with Crippen molar-refractivity contribution in [1.29, 1.82) is 0 Å². The van der Waals surface area contributed by atoms with Crippen molar-refractivity contribution in [2.45, 2.75) is 6.42 Å². The third-order valence-corrected chi connectivity index (χ3v) is 3.78. The lowest BCUT2D eigenvalue weighted by atomic mass is 10.3. The molecular weight excluding hydrogens is 318 g/mol. The van der Waals surface area contributed by atoms with E-state index in [1.54, 1.807) is 4.90 Å². The van der Waals surface area contributed by atoms with Crippen molar-refractivity contribution >= 4 is 17.6 Å². The quantitative estimate of drug-likeness (QED) is 0.572. The minimum atomic E-state index is -0.829. The molecule has 0 saturated carbocycles. The molecule has 1 saturated heterocycles. The highest BCUT2D eigenvalue weighted by molar-refractivity contribution is 5.77. The Morgan fingerprint density at radius 1 is 1.17 bits per heavy atom. The molecule has 2 rings (SSSR count). The molecule has 0 atom stereocenters. The van der Waals surface area contributed by atoms with Crippen LogP contribution in [-0.4, -0.2) is 71.0 Å². The van der Waals surface area contributed by atoms with Crippen molar-refractivity contribution < 1.29 is 24.4 Å². The zero-order valence-electron chi connectivity index (χ0n) is 13.1. The van der Waals surface area contributed by atoms with Crippen LogP contribution in [0.2, 0.25) is 0 Å². The summed E-state index contributed by atoms with van der Waals surface area (Å²) >= 11 is 0. The van der Waals surface area contributed by atoms with E-state index in [9.17, 15) is 19.7 Å². The minimum absolute atomic E-state index is 0.0360. The van der Waals surface area contributed by atoms with Gasteiger partial charge >= 0.3 is 5.97 Å². The Morgan fingerprint density at radius 2 is 1.79 bits per heavy atom. The number of nitrogens with zero attached hydrogens (tertiary/aromatic N) is 3. The standard InChI is InChI=1S/C15H19N3O6/c19-14(11-24-13-3-1-12(2-4-13)18(22)23)17-9-7-16(8-10-17)6-5-15(20)21/h1-4H,5-11H2,(H,20,21). The Hall–Kier alpha value is -2.68. The molecule has 1 amide bonds. The second kappa shape index (κ2) is 8.25. The van der Waals surface area contributed by atoms with Gasteiger partial charge in [0.05, 0.1) is 11.3 Å². The molecule has 1 aromatic carbocycles. The summed E-state index contributed by atoms with van der Waals surface area (Å²) in [5.41, 5.74) is -0.0360. The lowest BCUT2D eigenvalue weighted by molar-refractivity contribution is -0.384. The summed E-state index contributed by atoms with van der Waals surface area (Å²) in [6.45, 7) is 2.68. The largest absolute Gasteiger partial charge is 0.484 e. The first-order valence-electron chi connectivity index (χ1n) is 7.55. The maximum atomic E-state index is 12.1. The van der Waals surface area contributed by atoms with Gasteiger partial charge in [0.15, 0.2) is 6.61 Å². The third kappa shape index (κ3) is 5.20. The lowest BCUT2D eigenvalue weighted by Crippen LogP contribution is -2.50. The molecule has 0 spiro atoms. The molecule has 0 radical (unpaired) electrons. The number of carbonyl (C=O) groups excluding carboxylic acids is 1. The molecule has 0 bridgehead atoms. The number of carboxylic acids is 1. The average Bonchev–Trinajstić information content (AvgIpc) is 2.58. The van der Waals surface area contributed by atoms with E-state index in [1.165, 1.54) is 24.3 Å². The maximum absolute atomic E-state index is 12.1. The maximum Gasteiger partial charge on any atom is 0.304 e. The van der Waals surface area contributed by atoms with Crippen LogP contribution < -0.4 is 4.74 Å². The van der Waals surface area contributed by atoms with Gasteiger partial charge in [-0.3, -0.25) is 24.6 Å². The Balaban J connectivity index is 1.73. The first-order valence-corrected chi connectivity index (χ1v) is 7.55. The van der Waals surface area contributed by atoms with Gasteiger partial charge in [-0.2, -0.15) is 0 Å². The first kappa shape index (κ1) is 17.7. The van der Waals surface area contributed by atoms with Crippen LogP contribution in [0.15, 0.2) is 24.3 Å². The fraction of sp³-hybridized carbons (Fsp3) is 0.467. The van der Waals surface area contributed by atoms with Gasteiger partial charge in [0.1, 0.15) is 5.75 Å². The van der Waals surface area contributed by atoms with Gasteiger partial charge in [-0.15, -0.1) is 0 Å². The number of hydrogen-bond donors (Lipinski definition) is 1. The number of nitro benzene ring substituents is 1. The van der Waals surface area contributed by atoms with Crippen LogP contribution in [0.25, 0.3) is 0 Å². The van der Waals surface area contributed by atoms with E-state index in [-0.39, 0.29) is 24.6 Å². The van der Waals surface area contributed by atoms with Gasteiger partial charge in [0, 0.05) is 44.9 Å². The van der Waals surface area contributed by atoms with Gasteiger partial charge in [-0.25, -0.2) is 0 Å². The van der Waals surface area contributed by atoms with Crippen molar-refractivity contribution in [1.82, 2.24) is 9.80 Å². The molecule has 9 nitrogen and oxygen atoms in total. The molecule has 0 unspecified atom stereocenters. The number of piperazine rings is 1. The van der Waals surface area contributed by atoms with Crippen LogP contribution in [0.5, 0.6) is 5.75 Å². The average molecular weight is 337 g/mol. The number of rotatable bonds is 7. The SMILES string of the molecule is O=C(O)CCN1CCN(C(=O)COc2ccc([N+](=O)[O-])cc2)CC1. The number of carboxylic acid groups (broad SMARTS) is 1. The molecule has 24 heavy (non-hydrogen) atoms. The number of hydrogen-bond acceptors (Lipinski definition) is 6. The van der Waals surface area contributed by atoms with Crippen molar-refractivity contribution in [3.8, 4) is 5.75 Å². The van der Waals surface area contributed by atoms with Gasteiger partial charge in [0.25, 0.3) is 11.6 Å². The molecular formula is C15H19N3O6. The van der Waals surface area contributed by atoms with Gasteiger partial charge in [-0.1, -0.05) is 0 Å². The van der Waals surface area contributed by atoms with Gasteiger partial charge in [0.2, 0.25) is 0 Å². The molecule has 1 heterocycles. The van der Waals surface area contributed by atoms with Crippen LogP contribution in [0.3, 0.4) is 0 Å². The Kier molecular flexibility index (Phi) is 6.07. The van der Waals surface area contributed by atoms with E-state index < -0.39 is 10.9 Å². The van der Waals surface area contributed by atoms with Crippen LogP contribution in [-0.2, 0) is 9.59 Å². The molecule has 9 heteroatoms. The summed E-state index contributed by atoms with van der Waals surface area (Å²) in [5.74, 6) is -0.592. The molecule has 0 aromatic heterocycles. The smallest absolute Gasteiger partial charge is 0.304 e. The fourth-order valence-corrected chi connectivity index (χ4v) is 2.38. The van der Waals surface area contributed by atoms with E-state index in [2.05, 4.69) is 0 Å². The van der Waals surface area contributed by atoms with Crippen molar-refractivity contribution in [3.63, 3.8) is 0 Å². The summed E-state index contributed by atoms with van der Waals surface area (Å²) in [4.78, 5) is 36.4. The number of ether oxygens (including phenoxy) is 1. The zero-order chi connectivity index (χ0) is 17.5. The number of carbonyl (C=O) groups is 2. The monoisotopic (exact) mass is 337 g/mol. The van der Waals surface area contributed by atoms with Gasteiger partial charge < -0.3 is 14.7 Å². The highest BCUT2D eigenvalue weighted by atomic mass is 16.6. The summed E-state index contributed by atoms with van der Waals surface area (Å²) in [5, 5.41) is 19.2. The van der Waals surface area contributed by atoms with E-state index in [0.717, 1.165) is 0 Å². The fourth-order valence-electron chi connectivity index (χ4n) is 2.38. The summed E-state index contributed by atoms with van der Waals surface area (Å²) in [7, 11) is 0. The number of non-ortho nitro benzene ring substituents is 1. The first-order chi connectivity index (χ1) is 11.5. The van der Waals surface area contributed by atoms with E-state index in [0.29, 0.717) is 38.5 Å². The van der Waals surface area contributed by atoms with Crippen LogP contribution in [0.1, 0.15) is 6.42 Å². The lowest BCUT2D eigenvalue weighted by Gasteiger charge is -2.34. The number of nitro groups is 1. The van der Waals surface area contributed by atoms with Crippen molar-refractivity contribution in [3.05, 3.63) is 34.4 Å². The molecule has 1 aromatic rings.